The highest BCUT2D eigenvalue weighted by atomic mass is 35.5. The van der Waals surface area contributed by atoms with E-state index in [1.54, 1.807) is 12.2 Å². The summed E-state index contributed by atoms with van der Waals surface area (Å²) >= 11 is 6.16. The second-order valence-corrected chi connectivity index (χ2v) is 12.8. The number of ketones is 2. The van der Waals surface area contributed by atoms with E-state index in [2.05, 4.69) is 13.8 Å². The highest BCUT2D eigenvalue weighted by Crippen LogP contribution is 2.70. The smallest absolute Gasteiger partial charge is 0.192 e. The second-order valence-electron chi connectivity index (χ2n) is 12.4. The van der Waals surface area contributed by atoms with E-state index in [0.29, 0.717) is 38.1 Å². The average Bonchev–Trinajstić information content (AvgIpc) is 3.30. The number of fused-ring (bicyclic) bond motifs is 7. The summed E-state index contributed by atoms with van der Waals surface area (Å²) in [6.07, 6.45) is 16.3. The molecule has 39 heavy (non-hydrogen) atoms. The maximum absolute atomic E-state index is 13.6. The zero-order valence-corrected chi connectivity index (χ0v) is 23.7. The first-order chi connectivity index (χ1) is 18.6. The van der Waals surface area contributed by atoms with Gasteiger partial charge in [-0.15, -0.1) is 0 Å². The molecule has 0 amide bonds. The van der Waals surface area contributed by atoms with Crippen molar-refractivity contribution < 1.29 is 29.0 Å². The molecule has 6 unspecified atom stereocenters. The molecule has 6 aliphatic rings. The fourth-order valence-corrected chi connectivity index (χ4v) is 9.29. The van der Waals surface area contributed by atoms with Gasteiger partial charge < -0.3 is 10.2 Å². The molecule has 6 rings (SSSR count). The predicted molar refractivity (Wildman–Crippen MR) is 147 cm³/mol. The predicted octanol–water partition coefficient (Wildman–Crippen LogP) is 4.63. The third-order valence-corrected chi connectivity index (χ3v) is 10.9. The molecule has 1 aliphatic heterocycles. The SMILES string of the molecule is CC12C=CC(=O)C=C1CCC1C2C(O)CC2(C)C1C[C@H]1CN(CC3=CC=CC(Cl)=CC3)O[C@]12C(=O)CO.CF. The van der Waals surface area contributed by atoms with E-state index >= 15 is 0 Å². The van der Waals surface area contributed by atoms with Crippen LogP contribution in [-0.2, 0) is 14.4 Å². The van der Waals surface area contributed by atoms with Crippen LogP contribution in [0.15, 0.2) is 58.7 Å². The van der Waals surface area contributed by atoms with E-state index in [1.807, 2.05) is 35.4 Å². The van der Waals surface area contributed by atoms with Crippen LogP contribution >= 0.6 is 11.6 Å². The molecular formula is C31H39ClFNO5. The van der Waals surface area contributed by atoms with E-state index in [9.17, 15) is 24.2 Å². The molecule has 3 saturated carbocycles. The Morgan fingerprint density at radius 2 is 2.05 bits per heavy atom. The van der Waals surface area contributed by atoms with Crippen molar-refractivity contribution in [1.29, 1.82) is 0 Å². The van der Waals surface area contributed by atoms with Gasteiger partial charge in [-0.1, -0.05) is 55.3 Å². The van der Waals surface area contributed by atoms with Gasteiger partial charge in [0.05, 0.1) is 13.3 Å². The highest BCUT2D eigenvalue weighted by molar-refractivity contribution is 6.31. The van der Waals surface area contributed by atoms with Crippen molar-refractivity contribution >= 4 is 23.2 Å². The van der Waals surface area contributed by atoms with Gasteiger partial charge in [-0.25, -0.2) is 0 Å². The Kier molecular flexibility index (Phi) is 7.70. The van der Waals surface area contributed by atoms with Gasteiger partial charge in [0, 0.05) is 40.8 Å². The van der Waals surface area contributed by atoms with Crippen LogP contribution < -0.4 is 0 Å². The van der Waals surface area contributed by atoms with Crippen molar-refractivity contribution in [3.63, 3.8) is 0 Å². The van der Waals surface area contributed by atoms with Gasteiger partial charge in [0.15, 0.2) is 17.2 Å². The van der Waals surface area contributed by atoms with E-state index in [-0.39, 0.29) is 40.7 Å². The number of hydrogen-bond donors (Lipinski definition) is 2. The van der Waals surface area contributed by atoms with Crippen molar-refractivity contribution in [1.82, 2.24) is 5.06 Å². The number of aliphatic hydroxyl groups excluding tert-OH is 2. The van der Waals surface area contributed by atoms with Crippen LogP contribution in [0.4, 0.5) is 4.39 Å². The minimum atomic E-state index is -1.15. The summed E-state index contributed by atoms with van der Waals surface area (Å²) in [5.41, 5.74) is 0.152. The van der Waals surface area contributed by atoms with E-state index in [0.717, 1.165) is 30.4 Å². The number of halogens is 2. The Morgan fingerprint density at radius 3 is 2.79 bits per heavy atom. The van der Waals surface area contributed by atoms with Crippen LogP contribution in [-0.4, -0.2) is 65.4 Å². The second kappa shape index (κ2) is 10.5. The molecule has 8 heteroatoms. The average molecular weight is 560 g/mol. The maximum Gasteiger partial charge on any atom is 0.192 e. The molecule has 6 nitrogen and oxygen atoms in total. The molecule has 0 aromatic carbocycles. The Balaban J connectivity index is 0.00000151. The van der Waals surface area contributed by atoms with Gasteiger partial charge in [-0.05, 0) is 67.7 Å². The van der Waals surface area contributed by atoms with Crippen LogP contribution in [0.5, 0.6) is 0 Å². The quantitative estimate of drug-likeness (QED) is 0.522. The number of Topliss-reactive ketones (excluding diaryl/α,β-unsaturated/α-hetero) is 1. The van der Waals surface area contributed by atoms with Crippen LogP contribution in [0, 0.1) is 34.5 Å². The lowest BCUT2D eigenvalue weighted by atomic mass is 9.46. The number of carbonyl (C=O) groups is 2. The summed E-state index contributed by atoms with van der Waals surface area (Å²) in [5, 5.41) is 24.5. The first kappa shape index (κ1) is 28.6. The molecule has 0 aromatic rings. The first-order valence-electron chi connectivity index (χ1n) is 13.9. The summed E-state index contributed by atoms with van der Waals surface area (Å²) in [4.78, 5) is 32.4. The molecule has 0 aromatic heterocycles. The van der Waals surface area contributed by atoms with Crippen molar-refractivity contribution in [3.05, 3.63) is 58.7 Å². The van der Waals surface area contributed by atoms with Gasteiger partial charge in [0.2, 0.25) is 0 Å². The highest BCUT2D eigenvalue weighted by Gasteiger charge is 2.75. The number of hydroxylamine groups is 2. The monoisotopic (exact) mass is 559 g/mol. The van der Waals surface area contributed by atoms with Crippen LogP contribution in [0.3, 0.4) is 0 Å². The Hall–Kier alpha value is -1.90. The standard InChI is InChI=1S/C30H36ClNO5.CH3F/c1-28-11-10-22(34)12-19(28)7-9-23-24-13-20-16-32(15-18-4-3-5-21(31)8-6-18)37-30(20,26(36)17-33)29(24,2)14-25(35)27(23)28;1-2/h3-5,8,10-12,20,23-25,27,33,35H,6-7,9,13-17H2,1-2H3;1H3/t20-,23?,24?,25?,27?,28?,29?,30-;/m0./s1. The van der Waals surface area contributed by atoms with Gasteiger partial charge in [0.25, 0.3) is 0 Å². The molecule has 2 N–H and O–H groups in total. The number of hydrogen-bond acceptors (Lipinski definition) is 6. The molecule has 5 aliphatic carbocycles. The summed E-state index contributed by atoms with van der Waals surface area (Å²) in [6.45, 7) is 4.86. The molecule has 1 heterocycles. The topological polar surface area (TPSA) is 87.1 Å². The lowest BCUT2D eigenvalue weighted by molar-refractivity contribution is -0.249. The van der Waals surface area contributed by atoms with Crippen LogP contribution in [0.1, 0.15) is 46.0 Å². The summed E-state index contributed by atoms with van der Waals surface area (Å²) in [7, 11) is 0.500. The van der Waals surface area contributed by atoms with Gasteiger partial charge in [-0.2, -0.15) is 5.06 Å². The summed E-state index contributed by atoms with van der Waals surface area (Å²) < 4.78 is 9.50. The molecule has 4 fully saturated rings. The van der Waals surface area contributed by atoms with Gasteiger partial charge >= 0.3 is 0 Å². The first-order valence-corrected chi connectivity index (χ1v) is 14.3. The molecule has 1 saturated heterocycles. The summed E-state index contributed by atoms with van der Waals surface area (Å²) in [5.74, 6) is 0.0815. The number of nitrogens with zero attached hydrogens (tertiary/aromatic N) is 1. The molecule has 212 valence electrons. The molecule has 0 bridgehead atoms. The van der Waals surface area contributed by atoms with Crippen molar-refractivity contribution in [2.24, 2.45) is 34.5 Å². The van der Waals surface area contributed by atoms with Crippen molar-refractivity contribution in [2.45, 2.75) is 57.7 Å². The number of alkyl halides is 1. The Morgan fingerprint density at radius 1 is 1.28 bits per heavy atom. The minimum Gasteiger partial charge on any atom is -0.393 e. The zero-order valence-electron chi connectivity index (χ0n) is 22.9. The fourth-order valence-electron chi connectivity index (χ4n) is 9.14. The molecule has 0 spiro atoms. The lowest BCUT2D eigenvalue weighted by Crippen LogP contribution is -2.63. The number of rotatable bonds is 4. The molecule has 0 radical (unpaired) electrons. The zero-order chi connectivity index (χ0) is 28.2. The molecule has 8 atom stereocenters. The molecular weight excluding hydrogens is 521 g/mol. The number of aliphatic hydroxyl groups is 2. The van der Waals surface area contributed by atoms with E-state index < -0.39 is 23.7 Å². The van der Waals surface area contributed by atoms with E-state index in [4.69, 9.17) is 16.4 Å². The lowest BCUT2D eigenvalue weighted by Gasteiger charge is -2.59. The van der Waals surface area contributed by atoms with Gasteiger partial charge in [-0.3, -0.25) is 18.8 Å². The number of carbonyl (C=O) groups excluding carboxylic acids is 2. The van der Waals surface area contributed by atoms with Crippen LogP contribution in [0.2, 0.25) is 0 Å². The van der Waals surface area contributed by atoms with Crippen molar-refractivity contribution in [2.75, 3.05) is 26.9 Å². The minimum absolute atomic E-state index is 0.00870. The fraction of sp³-hybridized carbons (Fsp3) is 0.613. The number of allylic oxidation sites excluding steroid dienone is 9. The van der Waals surface area contributed by atoms with E-state index in [1.165, 1.54) is 0 Å². The third kappa shape index (κ3) is 4.27. The maximum atomic E-state index is 13.6. The summed E-state index contributed by atoms with van der Waals surface area (Å²) in [6, 6.07) is 0. The third-order valence-electron chi connectivity index (χ3n) is 10.6. The van der Waals surface area contributed by atoms with Gasteiger partial charge in [0.1, 0.15) is 6.61 Å². The van der Waals surface area contributed by atoms with Crippen LogP contribution in [0.25, 0.3) is 0 Å². The van der Waals surface area contributed by atoms with Crippen molar-refractivity contribution in [3.8, 4) is 0 Å². The normalized spacial score (nSPS) is 42.6. The largest absolute Gasteiger partial charge is 0.393 e. The Bertz CT molecular complexity index is 1190. The Labute approximate surface area is 234 Å².